The van der Waals surface area contributed by atoms with Crippen molar-refractivity contribution in [2.24, 2.45) is 0 Å². The molecule has 200 valence electrons. The van der Waals surface area contributed by atoms with Gasteiger partial charge in [0.2, 0.25) is 17.8 Å². The minimum atomic E-state index is -4.42. The van der Waals surface area contributed by atoms with Crippen molar-refractivity contribution in [2.45, 2.75) is 19.1 Å². The van der Waals surface area contributed by atoms with E-state index in [0.717, 1.165) is 18.0 Å². The summed E-state index contributed by atoms with van der Waals surface area (Å²) in [6, 6.07) is 8.31. The number of rotatable bonds is 9. The van der Waals surface area contributed by atoms with Crippen molar-refractivity contribution in [3.63, 3.8) is 0 Å². The Kier molecular flexibility index (Phi) is 8.35. The van der Waals surface area contributed by atoms with Gasteiger partial charge >= 0.3 is 6.18 Å². The van der Waals surface area contributed by atoms with Gasteiger partial charge in [-0.15, -0.1) is 13.2 Å². The van der Waals surface area contributed by atoms with Crippen LogP contribution in [0.25, 0.3) is 0 Å². The molecule has 1 fully saturated rings. The van der Waals surface area contributed by atoms with Crippen LogP contribution in [-0.2, 0) is 6.18 Å². The van der Waals surface area contributed by atoms with Crippen molar-refractivity contribution in [3.8, 4) is 0 Å². The van der Waals surface area contributed by atoms with Crippen LogP contribution in [0.15, 0.2) is 67.9 Å². The van der Waals surface area contributed by atoms with Gasteiger partial charge in [0.25, 0.3) is 0 Å². The van der Waals surface area contributed by atoms with E-state index < -0.39 is 11.7 Å². The fourth-order valence-corrected chi connectivity index (χ4v) is 4.40. The summed E-state index contributed by atoms with van der Waals surface area (Å²) in [5.41, 5.74) is -0.314. The molecule has 0 unspecified atom stereocenters. The molecule has 0 saturated carbocycles. The molecule has 3 heterocycles. The number of halogens is 4. The standard InChI is InChI=1S/C26H28ClF3N8/c1-4-13-36(14-5-2)24-33-23(32-20-10-8-19(9-11-20)26(28,29)30)34-25(35-24)38-16-15-37(17-18(38)3)22-21(27)7-6-12-31-22/h4-12,18H,1-2,13-17H2,3H3,(H,32,33,34,35)/t18-/m1/s1. The van der Waals surface area contributed by atoms with Crippen molar-refractivity contribution in [1.29, 1.82) is 0 Å². The van der Waals surface area contributed by atoms with Gasteiger partial charge in [0.1, 0.15) is 5.82 Å². The molecular weight excluding hydrogens is 517 g/mol. The number of nitrogens with zero attached hydrogens (tertiary/aromatic N) is 7. The van der Waals surface area contributed by atoms with Gasteiger partial charge in [-0.1, -0.05) is 23.8 Å². The van der Waals surface area contributed by atoms with E-state index in [-0.39, 0.29) is 12.0 Å². The Balaban J connectivity index is 1.63. The fourth-order valence-electron chi connectivity index (χ4n) is 4.16. The summed E-state index contributed by atoms with van der Waals surface area (Å²) < 4.78 is 39.0. The normalized spacial score (nSPS) is 15.8. The molecule has 1 aliphatic heterocycles. The van der Waals surface area contributed by atoms with Gasteiger partial charge in [-0.25, -0.2) is 4.98 Å². The number of alkyl halides is 3. The van der Waals surface area contributed by atoms with Gasteiger partial charge < -0.3 is 20.0 Å². The van der Waals surface area contributed by atoms with Gasteiger partial charge in [-0.05, 0) is 43.3 Å². The quantitative estimate of drug-likeness (QED) is 0.350. The lowest BCUT2D eigenvalue weighted by atomic mass is 10.2. The highest BCUT2D eigenvalue weighted by Crippen LogP contribution is 2.31. The summed E-state index contributed by atoms with van der Waals surface area (Å²) in [5, 5.41) is 3.61. The average Bonchev–Trinajstić information content (AvgIpc) is 2.88. The molecule has 38 heavy (non-hydrogen) atoms. The molecule has 0 aliphatic carbocycles. The molecule has 12 heteroatoms. The van der Waals surface area contributed by atoms with E-state index >= 15 is 0 Å². The first-order valence-corrected chi connectivity index (χ1v) is 12.4. The van der Waals surface area contributed by atoms with Gasteiger partial charge in [0.15, 0.2) is 0 Å². The zero-order valence-corrected chi connectivity index (χ0v) is 21.6. The third-order valence-corrected chi connectivity index (χ3v) is 6.28. The molecule has 8 nitrogen and oxygen atoms in total. The molecule has 1 atom stereocenters. The monoisotopic (exact) mass is 544 g/mol. The fraction of sp³-hybridized carbons (Fsp3) is 0.308. The number of pyridine rings is 1. The van der Waals surface area contributed by atoms with Gasteiger partial charge in [-0.3, -0.25) is 0 Å². The van der Waals surface area contributed by atoms with Crippen molar-refractivity contribution in [3.05, 3.63) is 78.5 Å². The Morgan fingerprint density at radius 2 is 1.79 bits per heavy atom. The van der Waals surface area contributed by atoms with Crippen molar-refractivity contribution in [2.75, 3.05) is 52.7 Å². The number of hydrogen-bond donors (Lipinski definition) is 1. The van der Waals surface area contributed by atoms with Crippen molar-refractivity contribution >= 4 is 41.0 Å². The van der Waals surface area contributed by atoms with Crippen LogP contribution in [0.3, 0.4) is 0 Å². The Morgan fingerprint density at radius 1 is 1.08 bits per heavy atom. The van der Waals surface area contributed by atoms with Crippen LogP contribution in [0.4, 0.5) is 42.5 Å². The van der Waals surface area contributed by atoms with Gasteiger partial charge in [-0.2, -0.15) is 28.1 Å². The number of nitrogens with one attached hydrogen (secondary N) is 1. The highest BCUT2D eigenvalue weighted by atomic mass is 35.5. The largest absolute Gasteiger partial charge is 0.416 e. The summed E-state index contributed by atoms with van der Waals surface area (Å²) in [6.07, 6.45) is 0.755. The van der Waals surface area contributed by atoms with Crippen LogP contribution in [-0.4, -0.2) is 58.7 Å². The lowest BCUT2D eigenvalue weighted by molar-refractivity contribution is -0.137. The molecule has 4 rings (SSSR count). The van der Waals surface area contributed by atoms with Crippen LogP contribution in [0.1, 0.15) is 12.5 Å². The van der Waals surface area contributed by atoms with E-state index in [2.05, 4.69) is 50.2 Å². The van der Waals surface area contributed by atoms with Crippen LogP contribution >= 0.6 is 11.6 Å². The van der Waals surface area contributed by atoms with E-state index in [9.17, 15) is 13.2 Å². The molecule has 1 aromatic carbocycles. The van der Waals surface area contributed by atoms with E-state index in [1.54, 1.807) is 24.4 Å². The van der Waals surface area contributed by atoms with Crippen molar-refractivity contribution in [1.82, 2.24) is 19.9 Å². The second-order valence-electron chi connectivity index (χ2n) is 8.74. The van der Waals surface area contributed by atoms with E-state index in [1.165, 1.54) is 12.1 Å². The van der Waals surface area contributed by atoms with E-state index in [4.69, 9.17) is 16.6 Å². The maximum atomic E-state index is 13.0. The highest BCUT2D eigenvalue weighted by Gasteiger charge is 2.30. The molecule has 3 aromatic rings. The summed E-state index contributed by atoms with van der Waals surface area (Å²) in [7, 11) is 0. The molecule has 0 spiro atoms. The first kappa shape index (κ1) is 27.2. The molecule has 1 saturated heterocycles. The van der Waals surface area contributed by atoms with Crippen LogP contribution in [0.2, 0.25) is 5.02 Å². The maximum absolute atomic E-state index is 13.0. The Bertz CT molecular complexity index is 1260. The lowest BCUT2D eigenvalue weighted by Gasteiger charge is -2.40. The predicted molar refractivity (Wildman–Crippen MR) is 145 cm³/mol. The topological polar surface area (TPSA) is 73.3 Å². The molecule has 0 bridgehead atoms. The summed E-state index contributed by atoms with van der Waals surface area (Å²) >= 11 is 6.36. The zero-order chi connectivity index (χ0) is 27.3. The predicted octanol–water partition coefficient (Wildman–Crippen LogP) is 5.58. The number of benzene rings is 1. The molecule has 0 amide bonds. The summed E-state index contributed by atoms with van der Waals surface area (Å²) in [5.74, 6) is 1.78. The van der Waals surface area contributed by atoms with Gasteiger partial charge in [0, 0.05) is 50.6 Å². The number of anilines is 5. The second-order valence-corrected chi connectivity index (χ2v) is 9.15. The Hall–Kier alpha value is -3.86. The second kappa shape index (κ2) is 11.7. The maximum Gasteiger partial charge on any atom is 0.416 e. The molecule has 0 radical (unpaired) electrons. The highest BCUT2D eigenvalue weighted by molar-refractivity contribution is 6.32. The molecule has 1 aliphatic rings. The minimum Gasteiger partial charge on any atom is -0.352 e. The number of aromatic nitrogens is 4. The third kappa shape index (κ3) is 6.34. The zero-order valence-electron chi connectivity index (χ0n) is 20.9. The average molecular weight is 545 g/mol. The first-order valence-electron chi connectivity index (χ1n) is 12.0. The van der Waals surface area contributed by atoms with Crippen LogP contribution in [0.5, 0.6) is 0 Å². The summed E-state index contributed by atoms with van der Waals surface area (Å²) in [6.45, 7) is 12.5. The molecular formula is C26H28ClF3N8. The van der Waals surface area contributed by atoms with Crippen molar-refractivity contribution < 1.29 is 13.2 Å². The number of hydrogen-bond acceptors (Lipinski definition) is 8. The smallest absolute Gasteiger partial charge is 0.352 e. The Labute approximate surface area is 224 Å². The lowest BCUT2D eigenvalue weighted by Crippen LogP contribution is -2.53. The van der Waals surface area contributed by atoms with Crippen LogP contribution in [0, 0.1) is 0 Å². The third-order valence-electron chi connectivity index (χ3n) is 5.98. The molecule has 2 aromatic heterocycles. The van der Waals surface area contributed by atoms with E-state index in [1.807, 2.05) is 11.0 Å². The summed E-state index contributed by atoms with van der Waals surface area (Å²) in [4.78, 5) is 24.4. The first-order chi connectivity index (χ1) is 18.2. The molecule has 1 N–H and O–H groups in total. The SMILES string of the molecule is C=CCN(CC=C)c1nc(Nc2ccc(C(F)(F)F)cc2)nc(N2CCN(c3ncccc3Cl)C[C@H]2C)n1. The van der Waals surface area contributed by atoms with Crippen LogP contribution < -0.4 is 20.0 Å². The van der Waals surface area contributed by atoms with Gasteiger partial charge in [0.05, 0.1) is 10.6 Å². The minimum absolute atomic E-state index is 0.00301. The number of piperazine rings is 1. The van der Waals surface area contributed by atoms with E-state index in [0.29, 0.717) is 55.3 Å². The Morgan fingerprint density at radius 3 is 2.39 bits per heavy atom.